The molecule has 1 aromatic heterocycles. The van der Waals surface area contributed by atoms with E-state index < -0.39 is 5.56 Å². The van der Waals surface area contributed by atoms with E-state index in [1.807, 2.05) is 6.07 Å². The minimum atomic E-state index is -0.562. The predicted octanol–water partition coefficient (Wildman–Crippen LogP) is 5.06. The van der Waals surface area contributed by atoms with Crippen molar-refractivity contribution in [3.63, 3.8) is 0 Å². The molecule has 9 heteroatoms. The van der Waals surface area contributed by atoms with Gasteiger partial charge in [0.1, 0.15) is 29.8 Å². The van der Waals surface area contributed by atoms with Crippen LogP contribution in [0.2, 0.25) is 10.0 Å². The van der Waals surface area contributed by atoms with Gasteiger partial charge in [-0.25, -0.2) is 9.37 Å². The summed E-state index contributed by atoms with van der Waals surface area (Å²) in [5.41, 5.74) is 0.336. The molecule has 1 heterocycles. The molecule has 0 saturated carbocycles. The second-order valence-electron chi connectivity index (χ2n) is 5.57. The van der Waals surface area contributed by atoms with Crippen LogP contribution in [0.1, 0.15) is 11.1 Å². The fourth-order valence-electron chi connectivity index (χ4n) is 2.53. The monoisotopic (exact) mass is 435 g/mol. The van der Waals surface area contributed by atoms with Crippen molar-refractivity contribution in [1.82, 2.24) is 9.97 Å². The first-order chi connectivity index (χ1) is 13.4. The highest BCUT2D eigenvalue weighted by molar-refractivity contribution is 7.98. The third-order valence-corrected chi connectivity index (χ3v) is 4.88. The average molecular weight is 436 g/mol. The summed E-state index contributed by atoms with van der Waals surface area (Å²) in [4.78, 5) is 19.2. The molecule has 0 aliphatic carbocycles. The number of nitrogens with zero attached hydrogens (tertiary/aromatic N) is 2. The van der Waals surface area contributed by atoms with Gasteiger partial charge in [-0.1, -0.05) is 35.0 Å². The van der Waals surface area contributed by atoms with Gasteiger partial charge >= 0.3 is 0 Å². The summed E-state index contributed by atoms with van der Waals surface area (Å²) in [7, 11) is 0. The first-order valence-electron chi connectivity index (χ1n) is 7.88. The lowest BCUT2D eigenvalue weighted by molar-refractivity contribution is 0.306. The lowest BCUT2D eigenvalue weighted by Gasteiger charge is -2.14. The predicted molar refractivity (Wildman–Crippen MR) is 108 cm³/mol. The minimum Gasteiger partial charge on any atom is -0.489 e. The first kappa shape index (κ1) is 20.2. The molecule has 0 aliphatic heterocycles. The van der Waals surface area contributed by atoms with E-state index in [1.54, 1.807) is 12.3 Å². The van der Waals surface area contributed by atoms with Crippen LogP contribution in [0.5, 0.6) is 5.75 Å². The van der Waals surface area contributed by atoms with Crippen LogP contribution in [-0.4, -0.2) is 16.2 Å². The highest BCUT2D eigenvalue weighted by Crippen LogP contribution is 2.35. The Labute approximate surface area is 174 Å². The molecular formula is C19H12Cl2FN3O2S. The number of rotatable bonds is 5. The zero-order valence-electron chi connectivity index (χ0n) is 14.4. The van der Waals surface area contributed by atoms with Crippen molar-refractivity contribution in [3.05, 3.63) is 73.7 Å². The summed E-state index contributed by atoms with van der Waals surface area (Å²) in [6, 6.07) is 10.5. The number of nitriles is 1. The first-order valence-corrected chi connectivity index (χ1v) is 9.86. The molecule has 142 valence electrons. The van der Waals surface area contributed by atoms with Crippen molar-refractivity contribution in [2.45, 2.75) is 11.8 Å². The number of halogens is 3. The minimum absolute atomic E-state index is 0.0230. The van der Waals surface area contributed by atoms with Crippen LogP contribution in [0, 0.1) is 17.1 Å². The van der Waals surface area contributed by atoms with Gasteiger partial charge in [-0.3, -0.25) is 4.79 Å². The lowest BCUT2D eigenvalue weighted by atomic mass is 10.0. The third-order valence-electron chi connectivity index (χ3n) is 3.78. The van der Waals surface area contributed by atoms with E-state index in [0.717, 1.165) is 0 Å². The molecule has 0 spiro atoms. The average Bonchev–Trinajstić information content (AvgIpc) is 2.66. The van der Waals surface area contributed by atoms with Crippen LogP contribution in [0.15, 0.2) is 46.3 Å². The van der Waals surface area contributed by atoms with Gasteiger partial charge in [-0.05, 0) is 42.7 Å². The molecule has 3 aromatic rings. The maximum absolute atomic E-state index is 13.1. The molecule has 0 unspecified atom stereocenters. The van der Waals surface area contributed by atoms with Crippen LogP contribution in [-0.2, 0) is 6.61 Å². The number of benzene rings is 2. The maximum atomic E-state index is 13.1. The quantitative estimate of drug-likeness (QED) is 0.447. The van der Waals surface area contributed by atoms with Crippen molar-refractivity contribution in [2.75, 3.05) is 6.26 Å². The zero-order chi connectivity index (χ0) is 20.3. The second kappa shape index (κ2) is 8.65. The Balaban J connectivity index is 2.12. The molecule has 0 bridgehead atoms. The number of hydrogen-bond donors (Lipinski definition) is 1. The molecule has 0 atom stereocenters. The fourth-order valence-corrected chi connectivity index (χ4v) is 3.53. The van der Waals surface area contributed by atoms with Crippen molar-refractivity contribution in [1.29, 1.82) is 5.26 Å². The van der Waals surface area contributed by atoms with Gasteiger partial charge in [0.2, 0.25) is 0 Å². The second-order valence-corrected chi connectivity index (χ2v) is 7.21. The Morgan fingerprint density at radius 2 is 2.00 bits per heavy atom. The Kier molecular flexibility index (Phi) is 6.25. The summed E-state index contributed by atoms with van der Waals surface area (Å²) >= 11 is 13.7. The van der Waals surface area contributed by atoms with Crippen molar-refractivity contribution in [3.8, 4) is 23.1 Å². The highest BCUT2D eigenvalue weighted by Gasteiger charge is 2.20. The molecule has 2 aromatic carbocycles. The summed E-state index contributed by atoms with van der Waals surface area (Å²) in [5.74, 6) is 0.0578. The summed E-state index contributed by atoms with van der Waals surface area (Å²) < 4.78 is 18.8. The molecule has 0 saturated heterocycles. The normalized spacial score (nSPS) is 10.5. The molecule has 28 heavy (non-hydrogen) atoms. The van der Waals surface area contributed by atoms with E-state index in [9.17, 15) is 14.4 Å². The Morgan fingerprint density at radius 1 is 1.29 bits per heavy atom. The number of thioether (sulfide) groups is 1. The number of H-pyrrole nitrogens is 1. The fraction of sp³-hybridized carbons (Fsp3) is 0.105. The highest BCUT2D eigenvalue weighted by atomic mass is 35.5. The lowest BCUT2D eigenvalue weighted by Crippen LogP contribution is -2.15. The van der Waals surface area contributed by atoms with Gasteiger partial charge in [-0.2, -0.15) is 5.26 Å². The van der Waals surface area contributed by atoms with Gasteiger partial charge in [0.25, 0.3) is 5.56 Å². The Bertz CT molecular complexity index is 1130. The maximum Gasteiger partial charge on any atom is 0.270 e. The van der Waals surface area contributed by atoms with Gasteiger partial charge in [0.05, 0.1) is 10.7 Å². The van der Waals surface area contributed by atoms with Crippen molar-refractivity contribution < 1.29 is 9.13 Å². The summed E-state index contributed by atoms with van der Waals surface area (Å²) in [6.45, 7) is 0.0230. The van der Waals surface area contributed by atoms with Crippen LogP contribution in [0.25, 0.3) is 11.3 Å². The largest absolute Gasteiger partial charge is 0.489 e. The molecule has 0 radical (unpaired) electrons. The molecule has 0 fully saturated rings. The number of hydrogen-bond acceptors (Lipinski definition) is 5. The Morgan fingerprint density at radius 3 is 2.64 bits per heavy atom. The molecule has 0 amide bonds. The van der Waals surface area contributed by atoms with E-state index in [2.05, 4.69) is 9.97 Å². The van der Waals surface area contributed by atoms with Crippen molar-refractivity contribution >= 4 is 35.0 Å². The SMILES string of the molecule is CSc1nc(-c2c(Cl)cc(Cl)cc2COc2ccc(F)cc2)c(C#N)c(=O)[nH]1. The molecule has 3 rings (SSSR count). The number of nitrogens with one attached hydrogen (secondary N) is 1. The zero-order valence-corrected chi connectivity index (χ0v) is 16.8. The van der Waals surface area contributed by atoms with E-state index in [-0.39, 0.29) is 28.7 Å². The van der Waals surface area contributed by atoms with Gasteiger partial charge < -0.3 is 9.72 Å². The Hall–Kier alpha value is -2.53. The van der Waals surface area contributed by atoms with E-state index >= 15 is 0 Å². The molecule has 0 aliphatic rings. The topological polar surface area (TPSA) is 78.8 Å². The number of ether oxygens (including phenoxy) is 1. The van der Waals surface area contributed by atoms with E-state index in [1.165, 1.54) is 42.1 Å². The smallest absolute Gasteiger partial charge is 0.270 e. The third kappa shape index (κ3) is 4.30. The van der Waals surface area contributed by atoms with Gasteiger partial charge in [0, 0.05) is 16.1 Å². The van der Waals surface area contributed by atoms with Gasteiger partial charge in [0.15, 0.2) is 5.16 Å². The van der Waals surface area contributed by atoms with Crippen LogP contribution in [0.4, 0.5) is 4.39 Å². The van der Waals surface area contributed by atoms with Crippen LogP contribution >= 0.6 is 35.0 Å². The molecular weight excluding hydrogens is 424 g/mol. The van der Waals surface area contributed by atoms with Gasteiger partial charge in [-0.15, -0.1) is 0 Å². The van der Waals surface area contributed by atoms with Crippen molar-refractivity contribution in [2.24, 2.45) is 0 Å². The summed E-state index contributed by atoms with van der Waals surface area (Å²) in [5, 5.41) is 10.4. The standard InChI is InChI=1S/C19H12Cl2FN3O2S/c1-28-19-24-17(14(8-23)18(26)25-19)16-10(6-11(20)7-15(16)21)9-27-13-4-2-12(22)3-5-13/h2-7H,9H2,1H3,(H,24,25,26). The molecule has 1 N–H and O–H groups in total. The van der Waals surface area contributed by atoms with E-state index in [0.29, 0.717) is 27.1 Å². The van der Waals surface area contributed by atoms with Crippen LogP contribution in [0.3, 0.4) is 0 Å². The van der Waals surface area contributed by atoms with Crippen LogP contribution < -0.4 is 10.3 Å². The number of aromatic nitrogens is 2. The van der Waals surface area contributed by atoms with E-state index in [4.69, 9.17) is 27.9 Å². The summed E-state index contributed by atoms with van der Waals surface area (Å²) in [6.07, 6.45) is 1.75. The number of aromatic amines is 1. The molecule has 5 nitrogen and oxygen atoms in total.